The molecule has 4 aromatic rings. The van der Waals surface area contributed by atoms with Gasteiger partial charge in [0, 0.05) is 42.7 Å². The van der Waals surface area contributed by atoms with Crippen LogP contribution in [0.25, 0.3) is 16.9 Å². The van der Waals surface area contributed by atoms with Crippen molar-refractivity contribution < 1.29 is 42.8 Å². The first-order valence-electron chi connectivity index (χ1n) is 17.7. The van der Waals surface area contributed by atoms with Crippen LogP contribution < -0.4 is 15.2 Å². The van der Waals surface area contributed by atoms with E-state index in [2.05, 4.69) is 26.0 Å². The lowest BCUT2D eigenvalue weighted by Gasteiger charge is -2.25. The van der Waals surface area contributed by atoms with Crippen molar-refractivity contribution >= 4 is 33.7 Å². The van der Waals surface area contributed by atoms with Crippen LogP contribution in [0.5, 0.6) is 11.5 Å². The average molecular weight is 809 g/mol. The first-order valence-corrected chi connectivity index (χ1v) is 18.5. The van der Waals surface area contributed by atoms with Gasteiger partial charge in [-0.1, -0.05) is 0 Å². The highest BCUT2D eigenvalue weighted by Gasteiger charge is 2.36. The van der Waals surface area contributed by atoms with Gasteiger partial charge in [0.1, 0.15) is 42.0 Å². The molecule has 5 rings (SSSR count). The second kappa shape index (κ2) is 19.5. The normalized spacial score (nSPS) is 13.1. The van der Waals surface area contributed by atoms with E-state index < -0.39 is 23.5 Å². The number of amides is 2. The monoisotopic (exact) mass is 807 g/mol. The Morgan fingerprint density at radius 2 is 1.44 bits per heavy atom. The molecular weight excluding hydrogens is 762 g/mol. The highest BCUT2D eigenvalue weighted by Crippen LogP contribution is 2.30. The summed E-state index contributed by atoms with van der Waals surface area (Å²) < 4.78 is 36.4. The molecule has 0 bridgehead atoms. The molecule has 0 radical (unpaired) electrons. The van der Waals surface area contributed by atoms with Crippen LogP contribution in [-0.4, -0.2) is 102 Å². The zero-order valence-corrected chi connectivity index (χ0v) is 32.3. The SMILES string of the molecule is CC(C)(C)OC(=O)CCC(C(N)=O)N1Cc2cc(OCCOCCOCCOCCOc3ccc(-n4cc(Br)c(-c5ccncc5)n4)cc3)ccc2C1=O. The zero-order valence-electron chi connectivity index (χ0n) is 30.7. The Bertz CT molecular complexity index is 1850. The Hall–Kier alpha value is -4.83. The van der Waals surface area contributed by atoms with Crippen molar-refractivity contribution in [1.82, 2.24) is 19.7 Å². The van der Waals surface area contributed by atoms with E-state index in [1.54, 1.807) is 51.4 Å². The van der Waals surface area contributed by atoms with Crippen molar-refractivity contribution in [2.24, 2.45) is 5.73 Å². The lowest BCUT2D eigenvalue weighted by Crippen LogP contribution is -2.45. The molecule has 54 heavy (non-hydrogen) atoms. The summed E-state index contributed by atoms with van der Waals surface area (Å²) in [5.74, 6) is -0.133. The highest BCUT2D eigenvalue weighted by molar-refractivity contribution is 9.10. The summed E-state index contributed by atoms with van der Waals surface area (Å²) in [6.45, 7) is 8.63. The summed E-state index contributed by atoms with van der Waals surface area (Å²) in [7, 11) is 0. The van der Waals surface area contributed by atoms with Gasteiger partial charge in [0.2, 0.25) is 5.91 Å². The molecule has 14 nitrogen and oxygen atoms in total. The number of halogens is 1. The summed E-state index contributed by atoms with van der Waals surface area (Å²) in [6, 6.07) is 15.7. The molecule has 1 atom stereocenters. The number of carbonyl (C=O) groups is 3. The number of primary amides is 1. The Morgan fingerprint density at radius 1 is 0.852 bits per heavy atom. The fourth-order valence-electron chi connectivity index (χ4n) is 5.62. The van der Waals surface area contributed by atoms with E-state index in [9.17, 15) is 14.4 Å². The Labute approximate surface area is 322 Å². The summed E-state index contributed by atoms with van der Waals surface area (Å²) in [4.78, 5) is 42.9. The quantitative estimate of drug-likeness (QED) is 0.0876. The average Bonchev–Trinajstić information content (AvgIpc) is 3.69. The van der Waals surface area contributed by atoms with E-state index in [4.69, 9.17) is 34.2 Å². The van der Waals surface area contributed by atoms with E-state index >= 15 is 0 Å². The minimum absolute atomic E-state index is 0.0337. The number of ether oxygens (including phenoxy) is 6. The number of hydrogen-bond donors (Lipinski definition) is 1. The zero-order chi connectivity index (χ0) is 38.5. The third-order valence-electron chi connectivity index (χ3n) is 8.12. The molecule has 0 saturated heterocycles. The third kappa shape index (κ3) is 11.8. The van der Waals surface area contributed by atoms with Gasteiger partial charge in [0.25, 0.3) is 5.91 Å². The van der Waals surface area contributed by atoms with E-state index in [0.717, 1.165) is 27.2 Å². The van der Waals surface area contributed by atoms with Gasteiger partial charge in [-0.2, -0.15) is 5.10 Å². The molecule has 1 unspecified atom stereocenters. The minimum Gasteiger partial charge on any atom is -0.491 e. The summed E-state index contributed by atoms with van der Waals surface area (Å²) >= 11 is 3.59. The molecule has 0 spiro atoms. The predicted molar refractivity (Wildman–Crippen MR) is 202 cm³/mol. The van der Waals surface area contributed by atoms with Crippen LogP contribution in [0.1, 0.15) is 49.5 Å². The Balaban J connectivity index is 0.895. The Morgan fingerprint density at radius 3 is 2.06 bits per heavy atom. The van der Waals surface area contributed by atoms with E-state index in [1.165, 1.54) is 4.90 Å². The van der Waals surface area contributed by atoms with Crippen LogP contribution in [0.15, 0.2) is 77.7 Å². The van der Waals surface area contributed by atoms with Crippen LogP contribution in [0.4, 0.5) is 0 Å². The van der Waals surface area contributed by atoms with Crippen molar-refractivity contribution in [2.75, 3.05) is 52.9 Å². The fraction of sp³-hybridized carbons (Fsp3) is 0.410. The largest absolute Gasteiger partial charge is 0.491 e. The van der Waals surface area contributed by atoms with Gasteiger partial charge in [0.05, 0.1) is 49.8 Å². The molecule has 288 valence electrons. The number of rotatable bonds is 21. The first kappa shape index (κ1) is 40.4. The molecule has 1 aliphatic rings. The second-order valence-corrected chi connectivity index (χ2v) is 14.2. The standard InChI is InChI=1S/C39H46BrN5O9/c1-39(2,3)54-35(46)11-10-34(37(41)47)44-25-28-24-31(8-9-32(28)38(44)48)53-23-21-51-19-17-49-16-18-50-20-22-52-30-6-4-29(5-7-30)45-26-33(40)36(43-45)27-12-14-42-15-13-27/h4-9,12-15,24,26,34H,10-11,16-23,25H2,1-3H3,(H2,41,47). The van der Waals surface area contributed by atoms with Crippen molar-refractivity contribution in [2.45, 2.75) is 51.8 Å². The second-order valence-electron chi connectivity index (χ2n) is 13.3. The molecule has 1 aliphatic heterocycles. The molecule has 2 N–H and O–H groups in total. The van der Waals surface area contributed by atoms with Crippen LogP contribution in [0.3, 0.4) is 0 Å². The van der Waals surface area contributed by atoms with Crippen LogP contribution in [0, 0.1) is 0 Å². The molecule has 0 saturated carbocycles. The minimum atomic E-state index is -0.932. The molecular formula is C39H46BrN5O9. The van der Waals surface area contributed by atoms with Crippen LogP contribution in [0.2, 0.25) is 0 Å². The van der Waals surface area contributed by atoms with Crippen LogP contribution >= 0.6 is 15.9 Å². The van der Waals surface area contributed by atoms with Gasteiger partial charge in [-0.25, -0.2) is 4.68 Å². The number of hydrogen-bond acceptors (Lipinski definition) is 11. The van der Waals surface area contributed by atoms with Crippen molar-refractivity contribution in [3.05, 3.63) is 88.8 Å². The first-order chi connectivity index (χ1) is 26.0. The summed E-state index contributed by atoms with van der Waals surface area (Å²) in [6.07, 6.45) is 5.45. The molecule has 15 heteroatoms. The fourth-order valence-corrected chi connectivity index (χ4v) is 6.13. The summed E-state index contributed by atoms with van der Waals surface area (Å²) in [5, 5.41) is 4.69. The number of aromatic nitrogens is 3. The maximum absolute atomic E-state index is 13.1. The van der Waals surface area contributed by atoms with Gasteiger partial charge in [-0.05, 0) is 103 Å². The Kier molecular flexibility index (Phi) is 14.6. The highest BCUT2D eigenvalue weighted by atomic mass is 79.9. The number of nitrogens with zero attached hydrogens (tertiary/aromatic N) is 4. The summed E-state index contributed by atoms with van der Waals surface area (Å²) in [5.41, 5.74) is 8.89. The number of carbonyl (C=O) groups excluding carboxylic acids is 3. The van der Waals surface area contributed by atoms with Gasteiger partial charge >= 0.3 is 5.97 Å². The van der Waals surface area contributed by atoms with Crippen molar-refractivity contribution in [1.29, 1.82) is 0 Å². The van der Waals surface area contributed by atoms with Gasteiger partial charge < -0.3 is 39.1 Å². The molecule has 0 fully saturated rings. The molecule has 3 heterocycles. The van der Waals surface area contributed by atoms with Crippen molar-refractivity contribution in [3.63, 3.8) is 0 Å². The number of benzene rings is 2. The molecule has 0 aliphatic carbocycles. The van der Waals surface area contributed by atoms with Gasteiger partial charge in [-0.3, -0.25) is 19.4 Å². The lowest BCUT2D eigenvalue weighted by atomic mass is 10.1. The number of pyridine rings is 1. The predicted octanol–water partition coefficient (Wildman–Crippen LogP) is 5.14. The maximum Gasteiger partial charge on any atom is 0.306 e. The maximum atomic E-state index is 13.1. The topological polar surface area (TPSA) is 167 Å². The smallest absolute Gasteiger partial charge is 0.306 e. The third-order valence-corrected chi connectivity index (χ3v) is 8.70. The molecule has 2 aromatic carbocycles. The van der Waals surface area contributed by atoms with Gasteiger partial charge in [0.15, 0.2) is 0 Å². The van der Waals surface area contributed by atoms with E-state index in [-0.39, 0.29) is 25.3 Å². The molecule has 2 aromatic heterocycles. The molecule has 2 amide bonds. The number of nitrogens with two attached hydrogens (primary N) is 1. The van der Waals surface area contributed by atoms with Gasteiger partial charge in [-0.15, -0.1) is 0 Å². The van der Waals surface area contributed by atoms with E-state index in [0.29, 0.717) is 69.7 Å². The van der Waals surface area contributed by atoms with E-state index in [1.807, 2.05) is 47.3 Å². The van der Waals surface area contributed by atoms with Crippen molar-refractivity contribution in [3.8, 4) is 28.4 Å². The number of fused-ring (bicyclic) bond motifs is 1. The number of esters is 1. The lowest BCUT2D eigenvalue weighted by molar-refractivity contribution is -0.155. The van der Waals surface area contributed by atoms with Crippen LogP contribution in [-0.2, 0) is 35.1 Å².